The van der Waals surface area contributed by atoms with Gasteiger partial charge < -0.3 is 20.1 Å². The number of nitrogens with one attached hydrogen (secondary N) is 2. The molecule has 0 saturated carbocycles. The second-order valence-corrected chi connectivity index (χ2v) is 6.39. The van der Waals surface area contributed by atoms with Gasteiger partial charge in [0.2, 0.25) is 5.91 Å². The average Bonchev–Trinajstić information content (AvgIpc) is 2.70. The molecule has 0 saturated heterocycles. The maximum Gasteiger partial charge on any atom is 0.228 e. The van der Waals surface area contributed by atoms with Crippen LogP contribution in [0.5, 0.6) is 11.5 Å². The number of carbonyl (C=O) groups is 1. The number of pyridine rings is 1. The highest BCUT2D eigenvalue weighted by Gasteiger charge is 2.06. The molecule has 144 valence electrons. The summed E-state index contributed by atoms with van der Waals surface area (Å²) in [6.07, 6.45) is 1.87. The monoisotopic (exact) mass is 397 g/mol. The van der Waals surface area contributed by atoms with Gasteiger partial charge in [-0.15, -0.1) is 0 Å². The van der Waals surface area contributed by atoms with Crippen molar-refractivity contribution in [3.8, 4) is 11.5 Å². The summed E-state index contributed by atoms with van der Waals surface area (Å²) in [7, 11) is 3.17. The van der Waals surface area contributed by atoms with Gasteiger partial charge in [0, 0.05) is 5.69 Å². The maximum atomic E-state index is 12.2. The lowest BCUT2D eigenvalue weighted by molar-refractivity contribution is -0.115. The number of hydrogen-bond donors (Lipinski definition) is 2. The van der Waals surface area contributed by atoms with E-state index in [-0.39, 0.29) is 12.3 Å². The topological polar surface area (TPSA) is 72.5 Å². The number of amides is 1. The van der Waals surface area contributed by atoms with Crippen molar-refractivity contribution in [1.82, 2.24) is 4.98 Å². The number of nitrogens with zero attached hydrogens (tertiary/aromatic N) is 1. The van der Waals surface area contributed by atoms with Gasteiger partial charge in [0.05, 0.1) is 37.5 Å². The highest BCUT2D eigenvalue weighted by molar-refractivity contribution is 6.32. The standard InChI is InChI=1S/C21H20ClN3O3/c1-27-17-7-3-14(4-8-17)11-21(26)25-16-6-10-20(23-13-16)24-15-5-9-19(28-2)18(22)12-15/h3-10,12-13H,11H2,1-2H3,(H,23,24)(H,25,26). The molecule has 1 aromatic heterocycles. The molecule has 0 aliphatic carbocycles. The van der Waals surface area contributed by atoms with E-state index in [4.69, 9.17) is 21.1 Å². The third-order valence-corrected chi connectivity index (χ3v) is 4.29. The van der Waals surface area contributed by atoms with E-state index in [1.54, 1.807) is 44.7 Å². The van der Waals surface area contributed by atoms with E-state index >= 15 is 0 Å². The lowest BCUT2D eigenvalue weighted by Gasteiger charge is -2.10. The molecule has 0 fully saturated rings. The maximum absolute atomic E-state index is 12.2. The Morgan fingerprint density at radius 3 is 2.36 bits per heavy atom. The van der Waals surface area contributed by atoms with E-state index in [0.29, 0.717) is 22.3 Å². The average molecular weight is 398 g/mol. The fourth-order valence-corrected chi connectivity index (χ4v) is 2.83. The van der Waals surface area contributed by atoms with Crippen LogP contribution in [0, 0.1) is 0 Å². The highest BCUT2D eigenvalue weighted by atomic mass is 35.5. The molecule has 0 aliphatic rings. The summed E-state index contributed by atoms with van der Waals surface area (Å²) in [5.41, 5.74) is 2.31. The molecule has 0 unspecified atom stereocenters. The first-order valence-corrected chi connectivity index (χ1v) is 8.94. The Morgan fingerprint density at radius 1 is 1.00 bits per heavy atom. The predicted octanol–water partition coefficient (Wildman–Crippen LogP) is 4.68. The molecular formula is C21H20ClN3O3. The third-order valence-electron chi connectivity index (χ3n) is 4.00. The molecule has 1 amide bonds. The summed E-state index contributed by atoms with van der Waals surface area (Å²) in [5.74, 6) is 1.88. The largest absolute Gasteiger partial charge is 0.497 e. The third kappa shape index (κ3) is 5.14. The summed E-state index contributed by atoms with van der Waals surface area (Å²) in [6.45, 7) is 0. The smallest absolute Gasteiger partial charge is 0.228 e. The minimum Gasteiger partial charge on any atom is -0.497 e. The second kappa shape index (κ2) is 9.10. The molecule has 28 heavy (non-hydrogen) atoms. The molecule has 0 bridgehead atoms. The molecule has 3 rings (SSSR count). The molecule has 0 spiro atoms. The van der Waals surface area contributed by atoms with Gasteiger partial charge in [-0.05, 0) is 48.0 Å². The fraction of sp³-hybridized carbons (Fsp3) is 0.143. The lowest BCUT2D eigenvalue weighted by Crippen LogP contribution is -2.14. The lowest BCUT2D eigenvalue weighted by atomic mass is 10.1. The zero-order valence-corrected chi connectivity index (χ0v) is 16.3. The van der Waals surface area contributed by atoms with Crippen molar-refractivity contribution in [3.63, 3.8) is 0 Å². The van der Waals surface area contributed by atoms with Crippen LogP contribution in [-0.2, 0) is 11.2 Å². The van der Waals surface area contributed by atoms with Crippen molar-refractivity contribution >= 4 is 34.7 Å². The molecule has 3 aromatic rings. The number of methoxy groups -OCH3 is 2. The van der Waals surface area contributed by atoms with Gasteiger partial charge in [0.15, 0.2) is 0 Å². The van der Waals surface area contributed by atoms with Gasteiger partial charge in [-0.25, -0.2) is 4.98 Å². The van der Waals surface area contributed by atoms with E-state index in [1.165, 1.54) is 0 Å². The van der Waals surface area contributed by atoms with Gasteiger partial charge in [0.25, 0.3) is 0 Å². The van der Waals surface area contributed by atoms with Crippen LogP contribution < -0.4 is 20.1 Å². The molecule has 1 heterocycles. The van der Waals surface area contributed by atoms with Crippen molar-refractivity contribution in [2.75, 3.05) is 24.9 Å². The molecule has 0 atom stereocenters. The number of rotatable bonds is 7. The van der Waals surface area contributed by atoms with Crippen molar-refractivity contribution < 1.29 is 14.3 Å². The van der Waals surface area contributed by atoms with Crippen LogP contribution in [0.3, 0.4) is 0 Å². The number of halogens is 1. The van der Waals surface area contributed by atoms with Crippen LogP contribution in [-0.4, -0.2) is 25.1 Å². The van der Waals surface area contributed by atoms with Gasteiger partial charge >= 0.3 is 0 Å². The minimum atomic E-state index is -0.116. The normalized spacial score (nSPS) is 10.2. The van der Waals surface area contributed by atoms with Crippen LogP contribution in [0.4, 0.5) is 17.2 Å². The van der Waals surface area contributed by atoms with Gasteiger partial charge in [-0.3, -0.25) is 4.79 Å². The molecular weight excluding hydrogens is 378 g/mol. The fourth-order valence-electron chi connectivity index (χ4n) is 2.57. The van der Waals surface area contributed by atoms with E-state index in [0.717, 1.165) is 17.0 Å². The van der Waals surface area contributed by atoms with Crippen molar-refractivity contribution in [2.24, 2.45) is 0 Å². The summed E-state index contributed by atoms with van der Waals surface area (Å²) in [6, 6.07) is 16.3. The molecule has 2 aromatic carbocycles. The number of carbonyl (C=O) groups excluding carboxylic acids is 1. The van der Waals surface area contributed by atoms with Gasteiger partial charge in [0.1, 0.15) is 17.3 Å². The summed E-state index contributed by atoms with van der Waals surface area (Å²) in [5, 5.41) is 6.50. The summed E-state index contributed by atoms with van der Waals surface area (Å²) in [4.78, 5) is 16.5. The number of aromatic nitrogens is 1. The summed E-state index contributed by atoms with van der Waals surface area (Å²) >= 11 is 6.12. The predicted molar refractivity (Wildman–Crippen MR) is 111 cm³/mol. The van der Waals surface area contributed by atoms with Crippen molar-refractivity contribution in [2.45, 2.75) is 6.42 Å². The summed E-state index contributed by atoms with van der Waals surface area (Å²) < 4.78 is 10.2. The Bertz CT molecular complexity index is 944. The zero-order chi connectivity index (χ0) is 19.9. The Kier molecular flexibility index (Phi) is 6.34. The number of hydrogen-bond acceptors (Lipinski definition) is 5. The second-order valence-electron chi connectivity index (χ2n) is 5.98. The first kappa shape index (κ1) is 19.5. The van der Waals surface area contributed by atoms with E-state index in [9.17, 15) is 4.79 Å². The van der Waals surface area contributed by atoms with Crippen LogP contribution in [0.1, 0.15) is 5.56 Å². The Morgan fingerprint density at radius 2 is 1.75 bits per heavy atom. The van der Waals surface area contributed by atoms with E-state index < -0.39 is 0 Å². The molecule has 2 N–H and O–H groups in total. The van der Waals surface area contributed by atoms with E-state index in [1.807, 2.05) is 30.3 Å². The molecule has 0 radical (unpaired) electrons. The Balaban J connectivity index is 1.57. The van der Waals surface area contributed by atoms with Crippen molar-refractivity contribution in [1.29, 1.82) is 0 Å². The molecule has 7 heteroatoms. The van der Waals surface area contributed by atoms with Gasteiger partial charge in [-0.1, -0.05) is 23.7 Å². The van der Waals surface area contributed by atoms with Crippen LogP contribution in [0.2, 0.25) is 5.02 Å². The van der Waals surface area contributed by atoms with Gasteiger partial charge in [-0.2, -0.15) is 0 Å². The number of ether oxygens (including phenoxy) is 2. The molecule has 0 aliphatic heterocycles. The first-order valence-electron chi connectivity index (χ1n) is 8.57. The van der Waals surface area contributed by atoms with Crippen LogP contribution >= 0.6 is 11.6 Å². The van der Waals surface area contributed by atoms with Crippen LogP contribution in [0.15, 0.2) is 60.8 Å². The van der Waals surface area contributed by atoms with Crippen molar-refractivity contribution in [3.05, 3.63) is 71.4 Å². The number of anilines is 3. The quantitative estimate of drug-likeness (QED) is 0.605. The zero-order valence-electron chi connectivity index (χ0n) is 15.5. The SMILES string of the molecule is COc1ccc(CC(=O)Nc2ccc(Nc3ccc(OC)c(Cl)c3)nc2)cc1. The first-order chi connectivity index (χ1) is 13.6. The Hall–Kier alpha value is -3.25. The van der Waals surface area contributed by atoms with E-state index in [2.05, 4.69) is 15.6 Å². The number of benzene rings is 2. The van der Waals surface area contributed by atoms with Crippen LogP contribution in [0.25, 0.3) is 0 Å². The Labute approximate surface area is 168 Å². The highest BCUT2D eigenvalue weighted by Crippen LogP contribution is 2.28. The minimum absolute atomic E-state index is 0.116. The molecule has 6 nitrogen and oxygen atoms in total.